The highest BCUT2D eigenvalue weighted by Crippen LogP contribution is 2.23. The van der Waals surface area contributed by atoms with Gasteiger partial charge < -0.3 is 10.1 Å². The van der Waals surface area contributed by atoms with Gasteiger partial charge in [0, 0.05) is 22.9 Å². The molecule has 1 amide bonds. The number of carbonyl (C=O) groups excluding carboxylic acids is 3. The van der Waals surface area contributed by atoms with E-state index in [2.05, 4.69) is 5.32 Å². The van der Waals surface area contributed by atoms with E-state index in [9.17, 15) is 23.2 Å². The number of hydrogen-bond donors (Lipinski definition) is 1. The van der Waals surface area contributed by atoms with E-state index in [1.54, 1.807) is 48.5 Å². The molecule has 0 aromatic heterocycles. The highest BCUT2D eigenvalue weighted by atomic mass is 19.1. The standard InChI is InChI=1S/C23H17F2NO4/c1-14(27)16-8-5-9-18(12-16)26-22(28)21(15-6-3-2-4-7-15)30-23(29)19-11-10-17(24)13-20(19)25/h2-13,21H,1H3,(H,26,28)/t21-/m0/s1. The fourth-order valence-electron chi connectivity index (χ4n) is 2.75. The molecule has 0 aliphatic rings. The van der Waals surface area contributed by atoms with E-state index in [1.165, 1.54) is 13.0 Å². The summed E-state index contributed by atoms with van der Waals surface area (Å²) < 4.78 is 32.3. The average Bonchev–Trinajstić information content (AvgIpc) is 2.72. The average molecular weight is 409 g/mol. The van der Waals surface area contributed by atoms with E-state index < -0.39 is 35.2 Å². The van der Waals surface area contributed by atoms with Crippen LogP contribution in [0, 0.1) is 11.6 Å². The second-order valence-corrected chi connectivity index (χ2v) is 6.45. The third-order valence-electron chi connectivity index (χ3n) is 4.25. The maximum atomic E-state index is 13.9. The van der Waals surface area contributed by atoms with Gasteiger partial charge in [-0.3, -0.25) is 9.59 Å². The van der Waals surface area contributed by atoms with Crippen molar-refractivity contribution >= 4 is 23.3 Å². The van der Waals surface area contributed by atoms with E-state index in [4.69, 9.17) is 4.74 Å². The van der Waals surface area contributed by atoms with Crippen LogP contribution in [0.1, 0.15) is 39.3 Å². The first-order valence-electron chi connectivity index (χ1n) is 8.98. The maximum Gasteiger partial charge on any atom is 0.342 e. The summed E-state index contributed by atoms with van der Waals surface area (Å²) in [6, 6.07) is 16.9. The van der Waals surface area contributed by atoms with Crippen LogP contribution in [0.15, 0.2) is 72.8 Å². The van der Waals surface area contributed by atoms with Crippen LogP contribution in [0.25, 0.3) is 0 Å². The van der Waals surface area contributed by atoms with Crippen LogP contribution in [0.5, 0.6) is 0 Å². The first-order chi connectivity index (χ1) is 14.3. The topological polar surface area (TPSA) is 72.5 Å². The molecular weight excluding hydrogens is 392 g/mol. The van der Waals surface area contributed by atoms with Crippen LogP contribution < -0.4 is 5.32 Å². The number of hydrogen-bond acceptors (Lipinski definition) is 4. The monoisotopic (exact) mass is 409 g/mol. The molecule has 3 aromatic carbocycles. The number of ketones is 1. The maximum absolute atomic E-state index is 13.9. The van der Waals surface area contributed by atoms with Crippen LogP contribution in [-0.2, 0) is 9.53 Å². The molecule has 0 unspecified atom stereocenters. The number of rotatable bonds is 6. The molecule has 3 aromatic rings. The lowest BCUT2D eigenvalue weighted by Crippen LogP contribution is -2.26. The molecule has 0 aliphatic heterocycles. The molecule has 5 nitrogen and oxygen atoms in total. The van der Waals surface area contributed by atoms with Crippen molar-refractivity contribution in [1.29, 1.82) is 0 Å². The SMILES string of the molecule is CC(=O)c1cccc(NC(=O)[C@@H](OC(=O)c2ccc(F)cc2F)c2ccccc2)c1. The highest BCUT2D eigenvalue weighted by Gasteiger charge is 2.27. The van der Waals surface area contributed by atoms with Gasteiger partial charge in [-0.05, 0) is 31.2 Å². The molecule has 0 spiro atoms. The first kappa shape index (κ1) is 20.9. The Hall–Kier alpha value is -3.87. The van der Waals surface area contributed by atoms with Crippen molar-refractivity contribution in [1.82, 2.24) is 0 Å². The third-order valence-corrected chi connectivity index (χ3v) is 4.25. The molecule has 7 heteroatoms. The quantitative estimate of drug-likeness (QED) is 0.473. The zero-order valence-corrected chi connectivity index (χ0v) is 15.9. The summed E-state index contributed by atoms with van der Waals surface area (Å²) in [6.45, 7) is 1.40. The van der Waals surface area contributed by atoms with Gasteiger partial charge in [-0.15, -0.1) is 0 Å². The van der Waals surface area contributed by atoms with E-state index in [0.29, 0.717) is 22.9 Å². The van der Waals surface area contributed by atoms with Crippen molar-refractivity contribution in [3.63, 3.8) is 0 Å². The van der Waals surface area contributed by atoms with Crippen molar-refractivity contribution in [2.45, 2.75) is 13.0 Å². The Balaban J connectivity index is 1.87. The van der Waals surface area contributed by atoms with Crippen LogP contribution in [0.4, 0.5) is 14.5 Å². The van der Waals surface area contributed by atoms with Crippen molar-refractivity contribution in [2.24, 2.45) is 0 Å². The minimum absolute atomic E-state index is 0.177. The Morgan fingerprint density at radius 3 is 2.30 bits per heavy atom. The third kappa shape index (κ3) is 4.94. The Morgan fingerprint density at radius 1 is 0.900 bits per heavy atom. The number of Topliss-reactive ketones (excluding diaryl/α,β-unsaturated/α-hetero) is 1. The molecule has 0 fully saturated rings. The number of ether oxygens (including phenoxy) is 1. The van der Waals surface area contributed by atoms with E-state index in [0.717, 1.165) is 12.1 Å². The number of nitrogens with one attached hydrogen (secondary N) is 1. The van der Waals surface area contributed by atoms with Crippen LogP contribution >= 0.6 is 0 Å². The summed E-state index contributed by atoms with van der Waals surface area (Å²) in [5.74, 6) is -3.93. The van der Waals surface area contributed by atoms with Gasteiger partial charge in [-0.2, -0.15) is 0 Å². The smallest absolute Gasteiger partial charge is 0.342 e. The summed E-state index contributed by atoms with van der Waals surface area (Å²) in [4.78, 5) is 36.9. The molecule has 1 atom stereocenters. The second kappa shape index (κ2) is 9.09. The van der Waals surface area contributed by atoms with Crippen molar-refractivity contribution in [2.75, 3.05) is 5.32 Å². The Kier molecular flexibility index (Phi) is 6.32. The predicted octanol–water partition coefficient (Wildman–Crippen LogP) is 4.70. The predicted molar refractivity (Wildman–Crippen MR) is 106 cm³/mol. The van der Waals surface area contributed by atoms with Gasteiger partial charge in [0.2, 0.25) is 6.10 Å². The Morgan fingerprint density at radius 2 is 1.63 bits per heavy atom. The zero-order valence-electron chi connectivity index (χ0n) is 15.9. The molecule has 1 N–H and O–H groups in total. The van der Waals surface area contributed by atoms with Gasteiger partial charge >= 0.3 is 5.97 Å². The molecule has 3 rings (SSSR count). The van der Waals surface area contributed by atoms with Crippen LogP contribution in [-0.4, -0.2) is 17.7 Å². The molecule has 0 bridgehead atoms. The number of anilines is 1. The van der Waals surface area contributed by atoms with Crippen LogP contribution in [0.2, 0.25) is 0 Å². The number of amides is 1. The number of halogens is 2. The van der Waals surface area contributed by atoms with Gasteiger partial charge in [0.15, 0.2) is 5.78 Å². The normalized spacial score (nSPS) is 11.4. The fourth-order valence-corrected chi connectivity index (χ4v) is 2.75. The minimum atomic E-state index is -1.40. The summed E-state index contributed by atoms with van der Waals surface area (Å²) in [5.41, 5.74) is 0.587. The molecule has 30 heavy (non-hydrogen) atoms. The van der Waals surface area contributed by atoms with Crippen molar-refractivity contribution < 1.29 is 27.9 Å². The number of carbonyl (C=O) groups is 3. The van der Waals surface area contributed by atoms with Gasteiger partial charge in [-0.25, -0.2) is 13.6 Å². The molecule has 0 heterocycles. The lowest BCUT2D eigenvalue weighted by atomic mass is 10.1. The molecule has 152 valence electrons. The van der Waals surface area contributed by atoms with Gasteiger partial charge in [0.1, 0.15) is 11.6 Å². The van der Waals surface area contributed by atoms with Gasteiger partial charge in [0.25, 0.3) is 5.91 Å². The van der Waals surface area contributed by atoms with Crippen molar-refractivity contribution in [3.8, 4) is 0 Å². The largest absolute Gasteiger partial charge is 0.444 e. The molecule has 0 radical (unpaired) electrons. The highest BCUT2D eigenvalue weighted by molar-refractivity contribution is 6.00. The zero-order chi connectivity index (χ0) is 21.7. The fraction of sp³-hybridized carbons (Fsp3) is 0.0870. The molecular formula is C23H17F2NO4. The van der Waals surface area contributed by atoms with E-state index in [1.807, 2.05) is 0 Å². The first-order valence-corrected chi connectivity index (χ1v) is 8.98. The lowest BCUT2D eigenvalue weighted by molar-refractivity contribution is -0.125. The summed E-state index contributed by atoms with van der Waals surface area (Å²) in [6.07, 6.45) is -1.40. The lowest BCUT2D eigenvalue weighted by Gasteiger charge is -2.18. The van der Waals surface area contributed by atoms with E-state index >= 15 is 0 Å². The Labute approximate surface area is 171 Å². The molecule has 0 saturated carbocycles. The second-order valence-electron chi connectivity index (χ2n) is 6.45. The minimum Gasteiger partial charge on any atom is -0.444 e. The van der Waals surface area contributed by atoms with Crippen LogP contribution in [0.3, 0.4) is 0 Å². The summed E-state index contributed by atoms with van der Waals surface area (Å²) in [5, 5.41) is 2.59. The summed E-state index contributed by atoms with van der Waals surface area (Å²) in [7, 11) is 0. The Bertz CT molecular complexity index is 1100. The van der Waals surface area contributed by atoms with Gasteiger partial charge in [-0.1, -0.05) is 42.5 Å². The number of esters is 1. The van der Waals surface area contributed by atoms with E-state index in [-0.39, 0.29) is 5.78 Å². The number of benzene rings is 3. The summed E-state index contributed by atoms with van der Waals surface area (Å²) >= 11 is 0. The van der Waals surface area contributed by atoms with Gasteiger partial charge in [0.05, 0.1) is 5.56 Å². The molecule has 0 aliphatic carbocycles. The van der Waals surface area contributed by atoms with Crippen molar-refractivity contribution in [3.05, 3.63) is 101 Å². The molecule has 0 saturated heterocycles.